The van der Waals surface area contributed by atoms with Crippen LogP contribution in [-0.2, 0) is 19.1 Å². The molecule has 33 heavy (non-hydrogen) atoms. The van der Waals surface area contributed by atoms with E-state index in [4.69, 9.17) is 14.3 Å². The third kappa shape index (κ3) is 14.4. The van der Waals surface area contributed by atoms with Gasteiger partial charge >= 0.3 is 5.97 Å². The molecule has 0 aromatic rings. The van der Waals surface area contributed by atoms with Crippen LogP contribution in [0.4, 0.5) is 0 Å². The average Bonchev–Trinajstić information content (AvgIpc) is 2.72. The maximum absolute atomic E-state index is 12.6. The Morgan fingerprint density at radius 3 is 2.33 bits per heavy atom. The number of rotatable bonds is 13. The van der Waals surface area contributed by atoms with Gasteiger partial charge in [-0.25, -0.2) is 0 Å². The van der Waals surface area contributed by atoms with E-state index >= 15 is 0 Å². The van der Waals surface area contributed by atoms with Gasteiger partial charge in [0.2, 0.25) is 0 Å². The number of nitrogens with zero attached hydrogens (tertiary/aromatic N) is 1. The first-order valence-corrected chi connectivity index (χ1v) is 13.1. The smallest absolute Gasteiger partial charge is 0.307 e. The maximum atomic E-state index is 12.6. The Balaban J connectivity index is 2.80. The second-order valence-electron chi connectivity index (χ2n) is 10.9. The summed E-state index contributed by atoms with van der Waals surface area (Å²) in [6.45, 7) is 13.9. The zero-order valence-electron chi connectivity index (χ0n) is 22.4. The van der Waals surface area contributed by atoms with E-state index in [9.17, 15) is 4.79 Å². The van der Waals surface area contributed by atoms with Crippen LogP contribution in [0.2, 0.25) is 0 Å². The van der Waals surface area contributed by atoms with Crippen LogP contribution in [0.3, 0.4) is 0 Å². The molecule has 0 heterocycles. The molecular weight excluding hydrogens is 414 g/mol. The van der Waals surface area contributed by atoms with Crippen molar-refractivity contribution >= 4 is 11.7 Å². The Bertz CT molecular complexity index is 631. The summed E-state index contributed by atoms with van der Waals surface area (Å²) in [5, 5.41) is 4.24. The quantitative estimate of drug-likeness (QED) is 0.0992. The molecule has 1 fully saturated rings. The van der Waals surface area contributed by atoms with Crippen LogP contribution in [0.1, 0.15) is 106 Å². The maximum Gasteiger partial charge on any atom is 0.307 e. The molecule has 1 aliphatic carbocycles. The lowest BCUT2D eigenvalue weighted by molar-refractivity contribution is -0.155. The van der Waals surface area contributed by atoms with Crippen molar-refractivity contribution in [2.45, 2.75) is 111 Å². The minimum Gasteiger partial charge on any atom is -0.460 e. The van der Waals surface area contributed by atoms with Gasteiger partial charge in [0.15, 0.2) is 0 Å². The highest BCUT2D eigenvalue weighted by Crippen LogP contribution is 2.32. The first-order chi connectivity index (χ1) is 15.6. The summed E-state index contributed by atoms with van der Waals surface area (Å²) in [6.07, 6.45) is 10.2. The molecule has 0 aromatic heterocycles. The van der Waals surface area contributed by atoms with Crippen molar-refractivity contribution in [3.05, 3.63) is 0 Å². The van der Waals surface area contributed by atoms with Crippen LogP contribution < -0.4 is 0 Å². The van der Waals surface area contributed by atoms with Crippen LogP contribution in [0.5, 0.6) is 0 Å². The number of carbonyl (C=O) groups is 1. The molecule has 0 aromatic carbocycles. The van der Waals surface area contributed by atoms with E-state index in [0.717, 1.165) is 57.0 Å². The summed E-state index contributed by atoms with van der Waals surface area (Å²) >= 11 is 0. The molecule has 1 aliphatic rings. The van der Waals surface area contributed by atoms with Gasteiger partial charge in [0.1, 0.15) is 18.4 Å². The van der Waals surface area contributed by atoms with Crippen molar-refractivity contribution in [2.24, 2.45) is 28.8 Å². The molecule has 0 spiro atoms. The van der Waals surface area contributed by atoms with E-state index in [-0.39, 0.29) is 18.3 Å². The third-order valence-electron chi connectivity index (χ3n) is 5.95. The number of oxime groups is 1. The Kier molecular flexibility index (Phi) is 14.4. The molecule has 1 saturated carbocycles. The van der Waals surface area contributed by atoms with Gasteiger partial charge in [0.05, 0.1) is 6.42 Å². The standard InChI is InChI=1S/C28H49NO4/c1-8-9-18-32-19-10-11-25(21-27(30)33-28(4,5)6)26(29-31-7)17-16-23-12-14-24(15-13-23)20-22(2)3/h22-25H,8-15,18-21H2,1-7H3. The highest BCUT2D eigenvalue weighted by Gasteiger charge is 2.25. The molecule has 0 radical (unpaired) electrons. The predicted molar refractivity (Wildman–Crippen MR) is 136 cm³/mol. The summed E-state index contributed by atoms with van der Waals surface area (Å²) in [4.78, 5) is 17.7. The monoisotopic (exact) mass is 463 g/mol. The second-order valence-corrected chi connectivity index (χ2v) is 10.9. The number of esters is 1. The van der Waals surface area contributed by atoms with Gasteiger partial charge in [-0.15, -0.1) is 0 Å². The molecule has 1 atom stereocenters. The number of carbonyl (C=O) groups excluding carboxylic acids is 1. The van der Waals surface area contributed by atoms with Crippen LogP contribution >= 0.6 is 0 Å². The summed E-state index contributed by atoms with van der Waals surface area (Å²) in [5.74, 6) is 8.41. The molecule has 5 heteroatoms. The normalized spacial score (nSPS) is 20.2. The van der Waals surface area contributed by atoms with Gasteiger partial charge in [0, 0.05) is 25.0 Å². The van der Waals surface area contributed by atoms with Crippen LogP contribution in [0.25, 0.3) is 0 Å². The number of ether oxygens (including phenoxy) is 2. The molecular formula is C28H49NO4. The van der Waals surface area contributed by atoms with E-state index in [1.807, 2.05) is 20.8 Å². The minimum absolute atomic E-state index is 0.126. The van der Waals surface area contributed by atoms with Crippen LogP contribution in [0, 0.1) is 35.5 Å². The lowest BCUT2D eigenvalue weighted by Gasteiger charge is -2.26. The van der Waals surface area contributed by atoms with Gasteiger partial charge in [-0.1, -0.05) is 38.3 Å². The molecule has 190 valence electrons. The summed E-state index contributed by atoms with van der Waals surface area (Å²) < 4.78 is 11.3. The lowest BCUT2D eigenvalue weighted by Crippen LogP contribution is -2.27. The van der Waals surface area contributed by atoms with Gasteiger partial charge in [-0.3, -0.25) is 4.79 Å². The van der Waals surface area contributed by atoms with Gasteiger partial charge in [-0.2, -0.15) is 0 Å². The van der Waals surface area contributed by atoms with E-state index in [0.29, 0.717) is 18.2 Å². The SMILES string of the molecule is CCCCOCCCC(CC(=O)OC(C)(C)C)C(C#CC1CCC(CC(C)C)CC1)=NOC. The minimum atomic E-state index is -0.510. The fourth-order valence-corrected chi connectivity index (χ4v) is 4.38. The molecule has 1 unspecified atom stereocenters. The molecule has 0 aliphatic heterocycles. The van der Waals surface area contributed by atoms with Gasteiger partial charge in [0.25, 0.3) is 0 Å². The van der Waals surface area contributed by atoms with Crippen molar-refractivity contribution in [3.8, 4) is 11.8 Å². The molecule has 1 rings (SSSR count). The number of unbranched alkanes of at least 4 members (excludes halogenated alkanes) is 1. The molecule has 0 amide bonds. The third-order valence-corrected chi connectivity index (χ3v) is 5.95. The fourth-order valence-electron chi connectivity index (χ4n) is 4.38. The zero-order chi connectivity index (χ0) is 24.7. The Hall–Kier alpha value is -1.54. The first kappa shape index (κ1) is 29.5. The van der Waals surface area contributed by atoms with Gasteiger partial charge in [-0.05, 0) is 89.9 Å². The average molecular weight is 464 g/mol. The topological polar surface area (TPSA) is 57.1 Å². The number of hydrogen-bond donors (Lipinski definition) is 0. The predicted octanol–water partition coefficient (Wildman–Crippen LogP) is 6.79. The summed E-state index contributed by atoms with van der Waals surface area (Å²) in [5.41, 5.74) is 0.144. The van der Waals surface area contributed by atoms with Crippen molar-refractivity contribution in [2.75, 3.05) is 20.3 Å². The molecule has 5 nitrogen and oxygen atoms in total. The van der Waals surface area contributed by atoms with Crippen molar-refractivity contribution in [1.29, 1.82) is 0 Å². The van der Waals surface area contributed by atoms with Crippen LogP contribution in [0.15, 0.2) is 5.16 Å². The van der Waals surface area contributed by atoms with Crippen molar-refractivity contribution in [3.63, 3.8) is 0 Å². The van der Waals surface area contributed by atoms with E-state index < -0.39 is 5.60 Å². The van der Waals surface area contributed by atoms with E-state index in [2.05, 4.69) is 37.8 Å². The van der Waals surface area contributed by atoms with Crippen molar-refractivity contribution in [1.82, 2.24) is 0 Å². The number of hydrogen-bond acceptors (Lipinski definition) is 5. The lowest BCUT2D eigenvalue weighted by atomic mass is 9.78. The Morgan fingerprint density at radius 1 is 1.09 bits per heavy atom. The highest BCUT2D eigenvalue weighted by molar-refractivity contribution is 6.03. The largest absolute Gasteiger partial charge is 0.460 e. The molecule has 0 saturated heterocycles. The second kappa shape index (κ2) is 16.1. The van der Waals surface area contributed by atoms with Crippen LogP contribution in [-0.4, -0.2) is 37.6 Å². The highest BCUT2D eigenvalue weighted by atomic mass is 16.6. The molecule has 0 bridgehead atoms. The summed E-state index contributed by atoms with van der Waals surface area (Å²) in [6, 6.07) is 0. The van der Waals surface area contributed by atoms with E-state index in [1.54, 1.807) is 0 Å². The zero-order valence-corrected chi connectivity index (χ0v) is 22.4. The Labute approximate surface area is 203 Å². The molecule has 0 N–H and O–H groups in total. The Morgan fingerprint density at radius 2 is 1.76 bits per heavy atom. The van der Waals surface area contributed by atoms with E-state index in [1.165, 1.54) is 26.4 Å². The van der Waals surface area contributed by atoms with Crippen molar-refractivity contribution < 1.29 is 19.1 Å². The summed E-state index contributed by atoms with van der Waals surface area (Å²) in [7, 11) is 1.54. The first-order valence-electron chi connectivity index (χ1n) is 13.1. The van der Waals surface area contributed by atoms with Gasteiger partial charge < -0.3 is 14.3 Å². The fraction of sp³-hybridized carbons (Fsp3) is 0.857.